The molecule has 2 rings (SSSR count). The van der Waals surface area contributed by atoms with Crippen molar-refractivity contribution in [3.8, 4) is 0 Å². The van der Waals surface area contributed by atoms with E-state index in [4.69, 9.17) is 0 Å². The Morgan fingerprint density at radius 2 is 2.00 bits per heavy atom. The minimum atomic E-state index is 0.846. The molecule has 0 heteroatoms. The zero-order valence-corrected chi connectivity index (χ0v) is 11.1. The minimum Gasteiger partial charge on any atom is -0.103 e. The highest BCUT2D eigenvalue weighted by atomic mass is 14.4. The van der Waals surface area contributed by atoms with Gasteiger partial charge in [-0.25, -0.2) is 0 Å². The molecule has 0 heterocycles. The lowest BCUT2D eigenvalue weighted by Crippen LogP contribution is -2.27. The van der Waals surface area contributed by atoms with Gasteiger partial charge in [0.25, 0.3) is 0 Å². The van der Waals surface area contributed by atoms with Crippen molar-refractivity contribution in [1.82, 2.24) is 0 Å². The first-order valence-corrected chi connectivity index (χ1v) is 7.31. The maximum Gasteiger partial charge on any atom is -0.0231 e. The van der Waals surface area contributed by atoms with E-state index in [9.17, 15) is 0 Å². The van der Waals surface area contributed by atoms with Gasteiger partial charge in [-0.05, 0) is 48.9 Å². The summed E-state index contributed by atoms with van der Waals surface area (Å²) >= 11 is 0. The van der Waals surface area contributed by atoms with Crippen molar-refractivity contribution in [2.75, 3.05) is 0 Å². The molecule has 0 spiro atoms. The normalized spacial score (nSPS) is 40.4. The summed E-state index contributed by atoms with van der Waals surface area (Å²) in [5, 5.41) is 0. The molecule has 2 fully saturated rings. The molecule has 0 saturated heterocycles. The van der Waals surface area contributed by atoms with E-state index in [1.807, 2.05) is 0 Å². The largest absolute Gasteiger partial charge is 0.103 e. The predicted octanol–water partition coefficient (Wildman–Crippen LogP) is 5.05. The van der Waals surface area contributed by atoms with Gasteiger partial charge in [-0.1, -0.05) is 45.6 Å². The smallest absolute Gasteiger partial charge is 0.0231 e. The molecule has 0 aromatic carbocycles. The van der Waals surface area contributed by atoms with E-state index in [0.29, 0.717) is 0 Å². The van der Waals surface area contributed by atoms with Crippen molar-refractivity contribution < 1.29 is 0 Å². The molecule has 2 aliphatic carbocycles. The van der Waals surface area contributed by atoms with Crippen LogP contribution in [0.5, 0.6) is 0 Å². The summed E-state index contributed by atoms with van der Waals surface area (Å²) in [6, 6.07) is 0. The Kier molecular flexibility index (Phi) is 4.10. The third kappa shape index (κ3) is 2.90. The number of hydrogen-bond acceptors (Lipinski definition) is 0. The van der Waals surface area contributed by atoms with Gasteiger partial charge in [-0.15, -0.1) is 6.58 Å². The van der Waals surface area contributed by atoms with Crippen LogP contribution in [0.1, 0.15) is 58.8 Å². The fraction of sp³-hybridized carbons (Fsp3) is 0.875. The maximum atomic E-state index is 3.89. The number of allylic oxidation sites excluding steroid dienone is 1. The van der Waals surface area contributed by atoms with Gasteiger partial charge in [0, 0.05) is 0 Å². The maximum absolute atomic E-state index is 3.89. The van der Waals surface area contributed by atoms with Gasteiger partial charge in [-0.2, -0.15) is 0 Å². The molecule has 0 N–H and O–H groups in total. The summed E-state index contributed by atoms with van der Waals surface area (Å²) in [5.74, 6) is 4.90. The second-order valence-corrected chi connectivity index (χ2v) is 6.57. The van der Waals surface area contributed by atoms with Crippen molar-refractivity contribution in [2.24, 2.45) is 29.6 Å². The SMILES string of the molecule is C=CC1CC([C@@H](C)CC[C@H]2CCC(C)C2)C1. The lowest BCUT2D eigenvalue weighted by atomic mass is 9.68. The molecule has 2 saturated carbocycles. The van der Waals surface area contributed by atoms with Gasteiger partial charge in [0.1, 0.15) is 0 Å². The van der Waals surface area contributed by atoms with Crippen LogP contribution in [0.2, 0.25) is 0 Å². The molecule has 16 heavy (non-hydrogen) atoms. The highest BCUT2D eigenvalue weighted by Crippen LogP contribution is 2.42. The molecule has 0 aliphatic heterocycles. The fourth-order valence-corrected chi connectivity index (χ4v) is 3.69. The molecule has 0 amide bonds. The Bertz CT molecular complexity index is 224. The Morgan fingerprint density at radius 3 is 2.56 bits per heavy atom. The van der Waals surface area contributed by atoms with Crippen LogP contribution in [-0.2, 0) is 0 Å². The molecule has 0 radical (unpaired) electrons. The first kappa shape index (κ1) is 12.2. The van der Waals surface area contributed by atoms with E-state index in [2.05, 4.69) is 26.5 Å². The van der Waals surface area contributed by atoms with Gasteiger partial charge in [-0.3, -0.25) is 0 Å². The predicted molar refractivity (Wildman–Crippen MR) is 71.3 cm³/mol. The van der Waals surface area contributed by atoms with Crippen molar-refractivity contribution in [3.63, 3.8) is 0 Å². The van der Waals surface area contributed by atoms with Crippen LogP contribution in [-0.4, -0.2) is 0 Å². The molecule has 1 unspecified atom stereocenters. The van der Waals surface area contributed by atoms with Crippen LogP contribution in [0.15, 0.2) is 12.7 Å². The van der Waals surface area contributed by atoms with Crippen LogP contribution in [0.25, 0.3) is 0 Å². The van der Waals surface area contributed by atoms with Crippen molar-refractivity contribution in [2.45, 2.75) is 58.8 Å². The van der Waals surface area contributed by atoms with Crippen LogP contribution in [0.3, 0.4) is 0 Å². The van der Waals surface area contributed by atoms with Crippen LogP contribution >= 0.6 is 0 Å². The lowest BCUT2D eigenvalue weighted by molar-refractivity contribution is 0.153. The molecule has 2 aliphatic rings. The fourth-order valence-electron chi connectivity index (χ4n) is 3.69. The summed E-state index contributed by atoms with van der Waals surface area (Å²) in [6.07, 6.45) is 12.5. The third-order valence-corrected chi connectivity index (χ3v) is 5.18. The Morgan fingerprint density at radius 1 is 1.25 bits per heavy atom. The second-order valence-electron chi connectivity index (χ2n) is 6.57. The van der Waals surface area contributed by atoms with Crippen molar-refractivity contribution in [3.05, 3.63) is 12.7 Å². The zero-order chi connectivity index (χ0) is 11.5. The van der Waals surface area contributed by atoms with Gasteiger partial charge in [0.15, 0.2) is 0 Å². The van der Waals surface area contributed by atoms with E-state index in [1.165, 1.54) is 44.9 Å². The van der Waals surface area contributed by atoms with Crippen molar-refractivity contribution in [1.29, 1.82) is 0 Å². The van der Waals surface area contributed by atoms with Gasteiger partial charge >= 0.3 is 0 Å². The Balaban J connectivity index is 1.61. The summed E-state index contributed by atoms with van der Waals surface area (Å²) < 4.78 is 0. The van der Waals surface area contributed by atoms with Crippen LogP contribution in [0, 0.1) is 29.6 Å². The first-order chi connectivity index (χ1) is 7.69. The average Bonchev–Trinajstić information content (AvgIpc) is 2.60. The highest BCUT2D eigenvalue weighted by molar-refractivity contribution is 4.92. The highest BCUT2D eigenvalue weighted by Gasteiger charge is 2.31. The van der Waals surface area contributed by atoms with E-state index in [-0.39, 0.29) is 0 Å². The van der Waals surface area contributed by atoms with Gasteiger partial charge < -0.3 is 0 Å². The number of rotatable bonds is 5. The molecular weight excluding hydrogens is 192 g/mol. The van der Waals surface area contributed by atoms with E-state index >= 15 is 0 Å². The standard InChI is InChI=1S/C16H28/c1-4-14-10-16(11-14)13(3)6-8-15-7-5-12(2)9-15/h4,12-16H,1,5-11H2,2-3H3/t12?,13-,14?,15+,16?/m0/s1. The van der Waals surface area contributed by atoms with E-state index in [1.54, 1.807) is 0 Å². The molecular formula is C16H28. The third-order valence-electron chi connectivity index (χ3n) is 5.18. The Hall–Kier alpha value is -0.260. The summed E-state index contributed by atoms with van der Waals surface area (Å²) in [6.45, 7) is 8.79. The van der Waals surface area contributed by atoms with Gasteiger partial charge in [0.05, 0.1) is 0 Å². The number of hydrogen-bond donors (Lipinski definition) is 0. The molecule has 0 aromatic heterocycles. The zero-order valence-electron chi connectivity index (χ0n) is 11.1. The van der Waals surface area contributed by atoms with E-state index < -0.39 is 0 Å². The summed E-state index contributed by atoms with van der Waals surface area (Å²) in [5.41, 5.74) is 0. The monoisotopic (exact) mass is 220 g/mol. The Labute approximate surface area is 102 Å². The van der Waals surface area contributed by atoms with E-state index in [0.717, 1.165) is 29.6 Å². The average molecular weight is 220 g/mol. The molecule has 3 atom stereocenters. The lowest BCUT2D eigenvalue weighted by Gasteiger charge is -2.38. The molecule has 92 valence electrons. The summed E-state index contributed by atoms with van der Waals surface area (Å²) in [4.78, 5) is 0. The van der Waals surface area contributed by atoms with Crippen molar-refractivity contribution >= 4 is 0 Å². The van der Waals surface area contributed by atoms with Crippen LogP contribution in [0.4, 0.5) is 0 Å². The van der Waals surface area contributed by atoms with Crippen LogP contribution < -0.4 is 0 Å². The minimum absolute atomic E-state index is 0.846. The van der Waals surface area contributed by atoms with Gasteiger partial charge in [0.2, 0.25) is 0 Å². The molecule has 0 bridgehead atoms. The summed E-state index contributed by atoms with van der Waals surface area (Å²) in [7, 11) is 0. The second kappa shape index (κ2) is 5.38. The first-order valence-electron chi connectivity index (χ1n) is 7.31. The molecule has 0 aromatic rings. The molecule has 0 nitrogen and oxygen atoms in total. The quantitative estimate of drug-likeness (QED) is 0.569. The topological polar surface area (TPSA) is 0 Å².